The summed E-state index contributed by atoms with van der Waals surface area (Å²) in [6.07, 6.45) is 0. The molecule has 0 aliphatic carbocycles. The third-order valence-corrected chi connectivity index (χ3v) is 4.12. The van der Waals surface area contributed by atoms with Crippen molar-refractivity contribution in [1.29, 1.82) is 0 Å². The minimum absolute atomic E-state index is 0.113. The van der Waals surface area contributed by atoms with Crippen molar-refractivity contribution in [3.63, 3.8) is 0 Å². The number of nitro groups is 2. The van der Waals surface area contributed by atoms with Gasteiger partial charge in [0, 0.05) is 42.5 Å². The zero-order valence-electron chi connectivity index (χ0n) is 14.2. The van der Waals surface area contributed by atoms with E-state index < -0.39 is 15.8 Å². The smallest absolute Gasteiger partial charge is 0.294 e. The molecule has 2 aromatic rings. The molecule has 140 valence electrons. The van der Waals surface area contributed by atoms with Crippen LogP contribution in [0.5, 0.6) is 0 Å². The maximum Gasteiger partial charge on any atom is 0.294 e. The van der Waals surface area contributed by atoms with Gasteiger partial charge in [-0.25, -0.2) is 0 Å². The van der Waals surface area contributed by atoms with Gasteiger partial charge in [0.25, 0.3) is 17.3 Å². The van der Waals surface area contributed by atoms with Crippen LogP contribution in [0.2, 0.25) is 0 Å². The lowest BCUT2D eigenvalue weighted by Crippen LogP contribution is -2.36. The Morgan fingerprint density at radius 1 is 1.00 bits per heavy atom. The Morgan fingerprint density at radius 3 is 2.26 bits per heavy atom. The number of morpholine rings is 1. The van der Waals surface area contributed by atoms with Crippen LogP contribution in [0.1, 0.15) is 10.4 Å². The quantitative estimate of drug-likeness (QED) is 0.631. The van der Waals surface area contributed by atoms with E-state index in [2.05, 4.69) is 5.32 Å². The summed E-state index contributed by atoms with van der Waals surface area (Å²) >= 11 is 0. The molecule has 10 heteroatoms. The molecule has 1 saturated heterocycles. The van der Waals surface area contributed by atoms with E-state index >= 15 is 0 Å². The van der Waals surface area contributed by atoms with Crippen LogP contribution in [-0.2, 0) is 4.74 Å². The Morgan fingerprint density at radius 2 is 1.67 bits per heavy atom. The second-order valence-electron chi connectivity index (χ2n) is 5.82. The number of ether oxygens (including phenoxy) is 1. The fourth-order valence-corrected chi connectivity index (χ4v) is 2.76. The summed E-state index contributed by atoms with van der Waals surface area (Å²) < 4.78 is 5.26. The largest absolute Gasteiger partial charge is 0.378 e. The SMILES string of the molecule is O=C(Nc1ccc(N2CCOCC2)c([N+](=O)[O-])c1)c1ccc([N+](=O)[O-])cc1. The van der Waals surface area contributed by atoms with Crippen LogP contribution in [0.4, 0.5) is 22.7 Å². The van der Waals surface area contributed by atoms with E-state index in [1.165, 1.54) is 30.3 Å². The van der Waals surface area contributed by atoms with Crippen molar-refractivity contribution in [2.75, 3.05) is 36.5 Å². The van der Waals surface area contributed by atoms with E-state index in [1.54, 1.807) is 12.1 Å². The van der Waals surface area contributed by atoms with Crippen molar-refractivity contribution in [1.82, 2.24) is 0 Å². The first-order valence-electron chi connectivity index (χ1n) is 8.12. The molecule has 10 nitrogen and oxygen atoms in total. The summed E-state index contributed by atoms with van der Waals surface area (Å²) in [5.41, 5.74) is 0.703. The zero-order chi connectivity index (χ0) is 19.4. The lowest BCUT2D eigenvalue weighted by molar-refractivity contribution is -0.384. The molecule has 0 saturated carbocycles. The molecule has 3 rings (SSSR count). The van der Waals surface area contributed by atoms with Gasteiger partial charge < -0.3 is 15.0 Å². The van der Waals surface area contributed by atoms with Gasteiger partial charge in [0.15, 0.2) is 0 Å². The molecule has 1 amide bonds. The molecule has 1 aliphatic rings. The molecule has 0 unspecified atom stereocenters. The van der Waals surface area contributed by atoms with Gasteiger partial charge in [-0.05, 0) is 24.3 Å². The highest BCUT2D eigenvalue weighted by Crippen LogP contribution is 2.31. The molecule has 0 radical (unpaired) electrons. The summed E-state index contributed by atoms with van der Waals surface area (Å²) in [5, 5.41) is 24.7. The second-order valence-corrected chi connectivity index (χ2v) is 5.82. The van der Waals surface area contributed by atoms with Gasteiger partial charge in [0.05, 0.1) is 23.1 Å². The number of carbonyl (C=O) groups excluding carboxylic acids is 1. The summed E-state index contributed by atoms with van der Waals surface area (Å²) in [5.74, 6) is -0.515. The van der Waals surface area contributed by atoms with Crippen LogP contribution < -0.4 is 10.2 Å². The number of hydrogen-bond acceptors (Lipinski definition) is 7. The minimum Gasteiger partial charge on any atom is -0.378 e. The fourth-order valence-electron chi connectivity index (χ4n) is 2.76. The highest BCUT2D eigenvalue weighted by molar-refractivity contribution is 6.04. The molecule has 1 aliphatic heterocycles. The monoisotopic (exact) mass is 372 g/mol. The molecule has 0 atom stereocenters. The number of hydrogen-bond donors (Lipinski definition) is 1. The van der Waals surface area contributed by atoms with E-state index in [9.17, 15) is 25.0 Å². The molecular weight excluding hydrogens is 356 g/mol. The average Bonchev–Trinajstić information content (AvgIpc) is 2.68. The molecule has 1 fully saturated rings. The van der Waals surface area contributed by atoms with Gasteiger partial charge in [-0.2, -0.15) is 0 Å². The molecule has 2 aromatic carbocycles. The van der Waals surface area contributed by atoms with Crippen molar-refractivity contribution in [3.8, 4) is 0 Å². The lowest BCUT2D eigenvalue weighted by atomic mass is 10.1. The first kappa shape index (κ1) is 18.3. The van der Waals surface area contributed by atoms with Crippen LogP contribution in [-0.4, -0.2) is 42.1 Å². The van der Waals surface area contributed by atoms with Crippen LogP contribution in [0.15, 0.2) is 42.5 Å². The Labute approximate surface area is 153 Å². The maximum atomic E-state index is 12.3. The van der Waals surface area contributed by atoms with Crippen LogP contribution >= 0.6 is 0 Å². The maximum absolute atomic E-state index is 12.3. The number of anilines is 2. The van der Waals surface area contributed by atoms with Crippen molar-refractivity contribution in [2.45, 2.75) is 0 Å². The van der Waals surface area contributed by atoms with Gasteiger partial charge >= 0.3 is 0 Å². The average molecular weight is 372 g/mol. The summed E-state index contributed by atoms with van der Waals surface area (Å²) in [6.45, 7) is 2.09. The molecule has 1 heterocycles. The number of nitrogens with zero attached hydrogens (tertiary/aromatic N) is 3. The molecule has 1 N–H and O–H groups in total. The summed E-state index contributed by atoms with van der Waals surface area (Å²) in [6, 6.07) is 9.57. The number of non-ortho nitro benzene ring substituents is 1. The van der Waals surface area contributed by atoms with E-state index in [0.717, 1.165) is 0 Å². The van der Waals surface area contributed by atoms with Crippen molar-refractivity contribution in [2.24, 2.45) is 0 Å². The topological polar surface area (TPSA) is 128 Å². The number of benzene rings is 2. The highest BCUT2D eigenvalue weighted by Gasteiger charge is 2.22. The van der Waals surface area contributed by atoms with E-state index in [-0.39, 0.29) is 22.6 Å². The van der Waals surface area contributed by atoms with Gasteiger partial charge in [-0.1, -0.05) is 0 Å². The Hall–Kier alpha value is -3.53. The van der Waals surface area contributed by atoms with Crippen LogP contribution in [0.3, 0.4) is 0 Å². The standard InChI is InChI=1S/C17H16N4O6/c22-17(12-1-4-14(5-2-12)20(23)24)18-13-3-6-15(16(11-13)21(25)26)19-7-9-27-10-8-19/h1-6,11H,7-10H2,(H,18,22). The number of nitro benzene ring substituents is 2. The Kier molecular flexibility index (Phi) is 5.27. The molecule has 0 bridgehead atoms. The number of carbonyl (C=O) groups is 1. The second kappa shape index (κ2) is 7.79. The van der Waals surface area contributed by atoms with Crippen molar-refractivity contribution in [3.05, 3.63) is 68.3 Å². The minimum atomic E-state index is -0.560. The van der Waals surface area contributed by atoms with Crippen LogP contribution in [0.25, 0.3) is 0 Å². The zero-order valence-corrected chi connectivity index (χ0v) is 14.2. The molecule has 27 heavy (non-hydrogen) atoms. The molecular formula is C17H16N4O6. The highest BCUT2D eigenvalue weighted by atomic mass is 16.6. The normalized spacial score (nSPS) is 13.9. The third kappa shape index (κ3) is 4.18. The Balaban J connectivity index is 1.80. The fraction of sp³-hybridized carbons (Fsp3) is 0.235. The Bertz CT molecular complexity index is 877. The van der Waals surface area contributed by atoms with E-state index in [4.69, 9.17) is 4.74 Å². The van der Waals surface area contributed by atoms with E-state index in [0.29, 0.717) is 32.0 Å². The number of nitrogens with one attached hydrogen (secondary N) is 1. The molecule has 0 aromatic heterocycles. The van der Waals surface area contributed by atoms with Crippen LogP contribution in [0, 0.1) is 20.2 Å². The van der Waals surface area contributed by atoms with Gasteiger partial charge in [0.1, 0.15) is 5.69 Å². The van der Waals surface area contributed by atoms with Gasteiger partial charge in [-0.15, -0.1) is 0 Å². The predicted molar refractivity (Wildman–Crippen MR) is 97.2 cm³/mol. The third-order valence-electron chi connectivity index (χ3n) is 4.12. The summed E-state index contributed by atoms with van der Waals surface area (Å²) in [4.78, 5) is 35.2. The van der Waals surface area contributed by atoms with Gasteiger partial charge in [-0.3, -0.25) is 25.0 Å². The van der Waals surface area contributed by atoms with Gasteiger partial charge in [0.2, 0.25) is 0 Å². The predicted octanol–water partition coefficient (Wildman–Crippen LogP) is 2.59. The van der Waals surface area contributed by atoms with Crippen molar-refractivity contribution < 1.29 is 19.4 Å². The summed E-state index contributed by atoms with van der Waals surface area (Å²) in [7, 11) is 0. The number of amides is 1. The first-order valence-corrected chi connectivity index (χ1v) is 8.12. The van der Waals surface area contributed by atoms with E-state index in [1.807, 2.05) is 4.90 Å². The molecule has 0 spiro atoms. The first-order chi connectivity index (χ1) is 13.0. The lowest BCUT2D eigenvalue weighted by Gasteiger charge is -2.28. The van der Waals surface area contributed by atoms with Crippen molar-refractivity contribution >= 4 is 28.7 Å². The number of rotatable bonds is 5.